The van der Waals surface area contributed by atoms with Crippen LogP contribution in [0.1, 0.15) is 29.7 Å². The molecule has 1 saturated heterocycles. The maximum absolute atomic E-state index is 10.3. The summed E-state index contributed by atoms with van der Waals surface area (Å²) in [5.41, 5.74) is 2.49. The van der Waals surface area contributed by atoms with Crippen LogP contribution in [0.5, 0.6) is 5.75 Å². The lowest BCUT2D eigenvalue weighted by Gasteiger charge is -2.40. The van der Waals surface area contributed by atoms with E-state index in [0.29, 0.717) is 23.6 Å². The molecule has 1 fully saturated rings. The molecule has 1 heterocycles. The first kappa shape index (κ1) is 21.0. The molecule has 1 aliphatic heterocycles. The zero-order valence-corrected chi connectivity index (χ0v) is 16.3. The SMILES string of the molecule is CCOc1ccc(Cc2cc([C@H]3O[C@H](CO)[C@@H](O)[C@H](O)[C@@H]3O)ccc2Cl)cc1. The highest BCUT2D eigenvalue weighted by molar-refractivity contribution is 6.31. The van der Waals surface area contributed by atoms with Crippen molar-refractivity contribution in [3.05, 3.63) is 64.2 Å². The van der Waals surface area contributed by atoms with E-state index in [4.69, 9.17) is 21.1 Å². The summed E-state index contributed by atoms with van der Waals surface area (Å²) in [5.74, 6) is 0.799. The van der Waals surface area contributed by atoms with Crippen LogP contribution in [0, 0.1) is 0 Å². The van der Waals surface area contributed by atoms with Gasteiger partial charge in [-0.05, 0) is 48.2 Å². The van der Waals surface area contributed by atoms with Gasteiger partial charge in [-0.3, -0.25) is 0 Å². The number of aliphatic hydroxyl groups excluding tert-OH is 4. The molecule has 0 aliphatic carbocycles. The lowest BCUT2D eigenvalue weighted by atomic mass is 9.90. The maximum atomic E-state index is 10.3. The first-order chi connectivity index (χ1) is 13.4. The largest absolute Gasteiger partial charge is 0.494 e. The molecule has 0 unspecified atom stereocenters. The summed E-state index contributed by atoms with van der Waals surface area (Å²) in [6, 6.07) is 12.9. The van der Waals surface area contributed by atoms with Crippen LogP contribution in [0.3, 0.4) is 0 Å². The van der Waals surface area contributed by atoms with Crippen LogP contribution in [-0.4, -0.2) is 58.1 Å². The van der Waals surface area contributed by atoms with Gasteiger partial charge in [0.05, 0.1) is 13.2 Å². The first-order valence-corrected chi connectivity index (χ1v) is 9.63. The fraction of sp³-hybridized carbons (Fsp3) is 0.429. The van der Waals surface area contributed by atoms with Gasteiger partial charge in [0.2, 0.25) is 0 Å². The minimum Gasteiger partial charge on any atom is -0.494 e. The summed E-state index contributed by atoms with van der Waals surface area (Å²) in [5, 5.41) is 40.3. The van der Waals surface area contributed by atoms with E-state index in [1.807, 2.05) is 37.3 Å². The average molecular weight is 409 g/mol. The highest BCUT2D eigenvalue weighted by Gasteiger charge is 2.43. The third-order valence-corrected chi connectivity index (χ3v) is 5.29. The molecule has 3 rings (SSSR count). The fourth-order valence-electron chi connectivity index (χ4n) is 3.37. The number of hydrogen-bond donors (Lipinski definition) is 4. The molecule has 2 aromatic carbocycles. The van der Waals surface area contributed by atoms with Gasteiger partial charge in [0.15, 0.2) is 0 Å². The summed E-state index contributed by atoms with van der Waals surface area (Å²) in [6.45, 7) is 2.07. The standard InChI is InChI=1S/C21H25ClO6/c1-2-27-15-6-3-12(4-7-15)9-14-10-13(5-8-16(14)22)21-20(26)19(25)18(24)17(11-23)28-21/h3-8,10,17-21,23-26H,2,9,11H2,1H3/t17-,18-,19+,20+,21-/m1/s1. The van der Waals surface area contributed by atoms with Crippen molar-refractivity contribution >= 4 is 11.6 Å². The fourth-order valence-corrected chi connectivity index (χ4v) is 3.56. The average Bonchev–Trinajstić information content (AvgIpc) is 2.70. The Kier molecular flexibility index (Phi) is 6.93. The Balaban J connectivity index is 1.82. The zero-order valence-electron chi connectivity index (χ0n) is 15.5. The van der Waals surface area contributed by atoms with Crippen LogP contribution in [0.2, 0.25) is 5.02 Å². The molecule has 1 aliphatic rings. The Morgan fingerprint density at radius 2 is 1.71 bits per heavy atom. The van der Waals surface area contributed by atoms with Gasteiger partial charge < -0.3 is 29.9 Å². The third-order valence-electron chi connectivity index (χ3n) is 4.92. The number of benzene rings is 2. The molecule has 2 aromatic rings. The summed E-state index contributed by atoms with van der Waals surface area (Å²) < 4.78 is 11.1. The molecule has 0 bridgehead atoms. The summed E-state index contributed by atoms with van der Waals surface area (Å²) in [6.07, 6.45) is -5.39. The van der Waals surface area contributed by atoms with E-state index in [1.165, 1.54) is 0 Å². The van der Waals surface area contributed by atoms with Crippen molar-refractivity contribution in [3.8, 4) is 5.75 Å². The summed E-state index contributed by atoms with van der Waals surface area (Å²) in [4.78, 5) is 0. The molecule has 5 atom stereocenters. The Hall–Kier alpha value is -1.67. The molecule has 0 saturated carbocycles. The predicted octanol–water partition coefficient (Wildman–Crippen LogP) is 1.84. The van der Waals surface area contributed by atoms with Crippen LogP contribution in [-0.2, 0) is 11.2 Å². The van der Waals surface area contributed by atoms with Gasteiger partial charge in [0.25, 0.3) is 0 Å². The molecule has 28 heavy (non-hydrogen) atoms. The molecule has 0 spiro atoms. The van der Waals surface area contributed by atoms with E-state index in [-0.39, 0.29) is 0 Å². The third kappa shape index (κ3) is 4.49. The molecule has 0 radical (unpaired) electrons. The van der Waals surface area contributed by atoms with E-state index in [0.717, 1.165) is 16.9 Å². The molecular formula is C21H25ClO6. The van der Waals surface area contributed by atoms with Gasteiger partial charge in [0.1, 0.15) is 36.3 Å². The first-order valence-electron chi connectivity index (χ1n) is 9.25. The maximum Gasteiger partial charge on any atom is 0.119 e. The van der Waals surface area contributed by atoms with Crippen LogP contribution >= 0.6 is 11.6 Å². The molecule has 4 N–H and O–H groups in total. The molecular weight excluding hydrogens is 384 g/mol. The number of rotatable bonds is 6. The quantitative estimate of drug-likeness (QED) is 0.582. The van der Waals surface area contributed by atoms with Crippen LogP contribution in [0.15, 0.2) is 42.5 Å². The molecule has 6 nitrogen and oxygen atoms in total. The topological polar surface area (TPSA) is 99.4 Å². The van der Waals surface area contributed by atoms with E-state index in [9.17, 15) is 20.4 Å². The number of hydrogen-bond acceptors (Lipinski definition) is 6. The smallest absolute Gasteiger partial charge is 0.119 e. The number of aliphatic hydroxyl groups is 4. The predicted molar refractivity (Wildman–Crippen MR) is 105 cm³/mol. The van der Waals surface area contributed by atoms with E-state index in [1.54, 1.807) is 12.1 Å². The lowest BCUT2D eigenvalue weighted by molar-refractivity contribution is -0.231. The van der Waals surface area contributed by atoms with Gasteiger partial charge >= 0.3 is 0 Å². The van der Waals surface area contributed by atoms with E-state index < -0.39 is 37.1 Å². The van der Waals surface area contributed by atoms with Gasteiger partial charge in [-0.2, -0.15) is 0 Å². The second-order valence-electron chi connectivity index (χ2n) is 6.85. The van der Waals surface area contributed by atoms with Crippen molar-refractivity contribution in [1.82, 2.24) is 0 Å². The zero-order chi connectivity index (χ0) is 20.3. The molecule has 0 amide bonds. The van der Waals surface area contributed by atoms with Crippen molar-refractivity contribution in [2.45, 2.75) is 43.9 Å². The van der Waals surface area contributed by atoms with E-state index >= 15 is 0 Å². The Morgan fingerprint density at radius 1 is 1.00 bits per heavy atom. The lowest BCUT2D eigenvalue weighted by Crippen LogP contribution is -2.55. The van der Waals surface area contributed by atoms with Crippen LogP contribution in [0.25, 0.3) is 0 Å². The van der Waals surface area contributed by atoms with Crippen molar-refractivity contribution in [3.63, 3.8) is 0 Å². The second kappa shape index (κ2) is 9.22. The Labute approximate surface area is 168 Å². The number of halogens is 1. The molecule has 152 valence electrons. The molecule has 7 heteroatoms. The highest BCUT2D eigenvalue weighted by Crippen LogP contribution is 2.34. The normalized spacial score (nSPS) is 27.6. The summed E-state index contributed by atoms with van der Waals surface area (Å²) >= 11 is 6.35. The minimum atomic E-state index is -1.42. The monoisotopic (exact) mass is 408 g/mol. The Morgan fingerprint density at radius 3 is 2.36 bits per heavy atom. The van der Waals surface area contributed by atoms with E-state index in [2.05, 4.69) is 0 Å². The minimum absolute atomic E-state index is 0.464. The van der Waals surface area contributed by atoms with Gasteiger partial charge in [-0.15, -0.1) is 0 Å². The van der Waals surface area contributed by atoms with Crippen LogP contribution in [0.4, 0.5) is 0 Å². The van der Waals surface area contributed by atoms with Gasteiger partial charge in [-0.25, -0.2) is 0 Å². The number of ether oxygens (including phenoxy) is 2. The summed E-state index contributed by atoms with van der Waals surface area (Å²) in [7, 11) is 0. The molecule has 0 aromatic heterocycles. The van der Waals surface area contributed by atoms with Crippen LogP contribution < -0.4 is 4.74 Å². The Bertz CT molecular complexity index is 779. The van der Waals surface area contributed by atoms with Crippen molar-refractivity contribution in [2.24, 2.45) is 0 Å². The van der Waals surface area contributed by atoms with Crippen molar-refractivity contribution < 1.29 is 29.9 Å². The van der Waals surface area contributed by atoms with Crippen molar-refractivity contribution in [1.29, 1.82) is 0 Å². The van der Waals surface area contributed by atoms with Gasteiger partial charge in [-0.1, -0.05) is 35.9 Å². The second-order valence-corrected chi connectivity index (χ2v) is 7.26. The van der Waals surface area contributed by atoms with Gasteiger partial charge in [0, 0.05) is 5.02 Å². The van der Waals surface area contributed by atoms with Crippen molar-refractivity contribution in [2.75, 3.05) is 13.2 Å². The highest BCUT2D eigenvalue weighted by atomic mass is 35.5.